The number of carbonyl (C=O) groups is 1. The van der Waals surface area contributed by atoms with Crippen molar-refractivity contribution < 1.29 is 18.0 Å². The van der Waals surface area contributed by atoms with E-state index in [-0.39, 0.29) is 23.6 Å². The molecule has 1 amide bonds. The van der Waals surface area contributed by atoms with Gasteiger partial charge >= 0.3 is 0 Å². The Morgan fingerprint density at radius 2 is 2.06 bits per heavy atom. The predicted octanol–water partition coefficient (Wildman–Crippen LogP) is 5.95. The topological polar surface area (TPSA) is 59.2 Å². The van der Waals surface area contributed by atoms with Crippen molar-refractivity contribution in [1.82, 2.24) is 14.9 Å². The number of likely N-dealkylation sites (tertiary alicyclic amines) is 1. The molecule has 0 radical (unpaired) electrons. The summed E-state index contributed by atoms with van der Waals surface area (Å²) in [6, 6.07) is 12.5. The number of rotatable bonds is 5. The number of aromatic nitrogens is 2. The van der Waals surface area contributed by atoms with Crippen LogP contribution in [0.15, 0.2) is 59.1 Å². The third kappa shape index (κ3) is 4.30. The Morgan fingerprint density at radius 1 is 1.21 bits per heavy atom. The second-order valence-electron chi connectivity index (χ2n) is 8.04. The molecular weight excluding hydrogens is 444 g/mol. The lowest BCUT2D eigenvalue weighted by molar-refractivity contribution is 0.0718. The summed E-state index contributed by atoms with van der Waals surface area (Å²) in [5, 5.41) is 0.484. The standard InChI is InChI=1S/C25H21F2N3O2S/c1-15-22(33-24(29-15)19-8-2-3-9-20(19)27)25(31)30-11-5-10-21(30)23-28-14-18(32-23)13-16-6-4-7-17(26)12-16/h2-4,6-9,12,14,21H,5,10-11,13H2,1H3/t21-/m1/s1. The predicted molar refractivity (Wildman–Crippen MR) is 121 cm³/mol. The number of oxazole rings is 1. The van der Waals surface area contributed by atoms with Gasteiger partial charge in [-0.15, -0.1) is 11.3 Å². The van der Waals surface area contributed by atoms with Crippen molar-refractivity contribution in [1.29, 1.82) is 0 Å². The fourth-order valence-electron chi connectivity index (χ4n) is 4.15. The van der Waals surface area contributed by atoms with Gasteiger partial charge in [-0.2, -0.15) is 0 Å². The Labute approximate surface area is 193 Å². The zero-order chi connectivity index (χ0) is 22.9. The fourth-order valence-corrected chi connectivity index (χ4v) is 5.20. The summed E-state index contributed by atoms with van der Waals surface area (Å²) >= 11 is 1.20. The first-order valence-corrected chi connectivity index (χ1v) is 11.5. The number of carbonyl (C=O) groups excluding carboxylic acids is 1. The van der Waals surface area contributed by atoms with E-state index in [1.165, 1.54) is 29.5 Å². The number of hydrogen-bond acceptors (Lipinski definition) is 5. The number of halogens is 2. The summed E-state index contributed by atoms with van der Waals surface area (Å²) in [5.74, 6) is 0.277. The van der Waals surface area contributed by atoms with Gasteiger partial charge in [-0.3, -0.25) is 4.79 Å². The van der Waals surface area contributed by atoms with Crippen LogP contribution in [-0.2, 0) is 6.42 Å². The van der Waals surface area contributed by atoms with E-state index in [1.54, 1.807) is 42.3 Å². The SMILES string of the molecule is Cc1nc(-c2ccccc2F)sc1C(=O)N1CCC[C@@H]1c1ncc(Cc2cccc(F)c2)o1. The molecule has 5 rings (SSSR count). The molecule has 0 unspecified atom stereocenters. The molecule has 33 heavy (non-hydrogen) atoms. The molecule has 4 aromatic rings. The molecule has 1 aliphatic rings. The van der Waals surface area contributed by atoms with Crippen LogP contribution >= 0.6 is 11.3 Å². The second kappa shape index (κ2) is 8.86. The Balaban J connectivity index is 1.37. The molecule has 0 aliphatic carbocycles. The third-order valence-corrected chi connectivity index (χ3v) is 6.91. The highest BCUT2D eigenvalue weighted by Crippen LogP contribution is 2.36. The molecule has 8 heteroatoms. The first-order valence-electron chi connectivity index (χ1n) is 10.7. The molecule has 0 saturated carbocycles. The van der Waals surface area contributed by atoms with Crippen LogP contribution < -0.4 is 0 Å². The van der Waals surface area contributed by atoms with Crippen LogP contribution in [0.2, 0.25) is 0 Å². The average Bonchev–Trinajstić information content (AvgIpc) is 3.53. The van der Waals surface area contributed by atoms with E-state index in [0.717, 1.165) is 18.4 Å². The summed E-state index contributed by atoms with van der Waals surface area (Å²) in [5.41, 5.74) is 1.75. The van der Waals surface area contributed by atoms with Gasteiger partial charge in [-0.05, 0) is 49.6 Å². The summed E-state index contributed by atoms with van der Waals surface area (Å²) in [6.07, 6.45) is 3.63. The number of amides is 1. The molecule has 0 N–H and O–H groups in total. The fraction of sp³-hybridized carbons (Fsp3) is 0.240. The van der Waals surface area contributed by atoms with Gasteiger partial charge in [0.2, 0.25) is 5.89 Å². The van der Waals surface area contributed by atoms with Gasteiger partial charge in [0.05, 0.1) is 11.9 Å². The van der Waals surface area contributed by atoms with E-state index in [0.29, 0.717) is 45.8 Å². The molecular formula is C25H21F2N3O2S. The molecule has 2 aromatic heterocycles. The van der Waals surface area contributed by atoms with E-state index in [9.17, 15) is 13.6 Å². The molecule has 1 saturated heterocycles. The first kappa shape index (κ1) is 21.5. The lowest BCUT2D eigenvalue weighted by Crippen LogP contribution is -2.30. The van der Waals surface area contributed by atoms with Gasteiger partial charge < -0.3 is 9.32 Å². The number of aryl methyl sites for hydroxylation is 1. The highest BCUT2D eigenvalue weighted by atomic mass is 32.1. The Kier molecular flexibility index (Phi) is 5.76. The number of nitrogens with zero attached hydrogens (tertiary/aromatic N) is 3. The molecule has 1 fully saturated rings. The van der Waals surface area contributed by atoms with E-state index in [1.807, 2.05) is 6.07 Å². The highest BCUT2D eigenvalue weighted by Gasteiger charge is 2.35. The van der Waals surface area contributed by atoms with Crippen LogP contribution in [0.4, 0.5) is 8.78 Å². The van der Waals surface area contributed by atoms with Crippen LogP contribution in [0.25, 0.3) is 10.6 Å². The van der Waals surface area contributed by atoms with E-state index in [4.69, 9.17) is 4.42 Å². The number of hydrogen-bond donors (Lipinski definition) is 0. The Morgan fingerprint density at radius 3 is 2.88 bits per heavy atom. The van der Waals surface area contributed by atoms with Crippen molar-refractivity contribution >= 4 is 17.2 Å². The van der Waals surface area contributed by atoms with Crippen LogP contribution in [-0.4, -0.2) is 27.3 Å². The van der Waals surface area contributed by atoms with Crippen LogP contribution in [0, 0.1) is 18.6 Å². The lowest BCUT2D eigenvalue weighted by atomic mass is 10.1. The lowest BCUT2D eigenvalue weighted by Gasteiger charge is -2.21. The monoisotopic (exact) mass is 465 g/mol. The minimum Gasteiger partial charge on any atom is -0.443 e. The van der Waals surface area contributed by atoms with Crippen molar-refractivity contribution in [3.05, 3.63) is 94.1 Å². The largest absolute Gasteiger partial charge is 0.443 e. The van der Waals surface area contributed by atoms with E-state index >= 15 is 0 Å². The summed E-state index contributed by atoms with van der Waals surface area (Å²) in [6.45, 7) is 2.35. The molecule has 0 spiro atoms. The number of thiazole rings is 1. The van der Waals surface area contributed by atoms with Gasteiger partial charge in [-0.1, -0.05) is 24.3 Å². The van der Waals surface area contributed by atoms with Crippen LogP contribution in [0.1, 0.15) is 51.5 Å². The molecule has 3 heterocycles. The highest BCUT2D eigenvalue weighted by molar-refractivity contribution is 7.17. The van der Waals surface area contributed by atoms with Gasteiger partial charge in [0.15, 0.2) is 0 Å². The molecule has 2 aromatic carbocycles. The molecule has 168 valence electrons. The van der Waals surface area contributed by atoms with Crippen LogP contribution in [0.5, 0.6) is 0 Å². The van der Waals surface area contributed by atoms with Crippen molar-refractivity contribution in [3.8, 4) is 10.6 Å². The quantitative estimate of drug-likeness (QED) is 0.365. The van der Waals surface area contributed by atoms with Gasteiger partial charge in [0.1, 0.15) is 33.3 Å². The van der Waals surface area contributed by atoms with Crippen LogP contribution in [0.3, 0.4) is 0 Å². The van der Waals surface area contributed by atoms with E-state index in [2.05, 4.69) is 9.97 Å². The molecule has 1 atom stereocenters. The minimum absolute atomic E-state index is 0.153. The zero-order valence-electron chi connectivity index (χ0n) is 17.9. The van der Waals surface area contributed by atoms with Crippen molar-refractivity contribution in [2.24, 2.45) is 0 Å². The van der Waals surface area contributed by atoms with Gasteiger partial charge in [0.25, 0.3) is 5.91 Å². The minimum atomic E-state index is -0.366. The normalized spacial score (nSPS) is 15.8. The summed E-state index contributed by atoms with van der Waals surface area (Å²) in [7, 11) is 0. The maximum Gasteiger partial charge on any atom is 0.266 e. The number of benzene rings is 2. The second-order valence-corrected chi connectivity index (χ2v) is 9.04. The summed E-state index contributed by atoms with van der Waals surface area (Å²) < 4.78 is 33.6. The van der Waals surface area contributed by atoms with Gasteiger partial charge in [0, 0.05) is 18.5 Å². The average molecular weight is 466 g/mol. The van der Waals surface area contributed by atoms with Crippen molar-refractivity contribution in [2.45, 2.75) is 32.2 Å². The first-order chi connectivity index (χ1) is 16.0. The maximum atomic E-state index is 14.2. The van der Waals surface area contributed by atoms with Crippen molar-refractivity contribution in [3.63, 3.8) is 0 Å². The zero-order valence-corrected chi connectivity index (χ0v) is 18.7. The smallest absolute Gasteiger partial charge is 0.266 e. The van der Waals surface area contributed by atoms with E-state index < -0.39 is 0 Å². The summed E-state index contributed by atoms with van der Waals surface area (Å²) in [4.78, 5) is 24.5. The molecule has 5 nitrogen and oxygen atoms in total. The molecule has 0 bridgehead atoms. The third-order valence-electron chi connectivity index (χ3n) is 5.73. The maximum absolute atomic E-state index is 14.2. The molecule has 1 aliphatic heterocycles. The Hall–Kier alpha value is -3.39. The van der Waals surface area contributed by atoms with Gasteiger partial charge in [-0.25, -0.2) is 18.7 Å². The Bertz CT molecular complexity index is 1320. The van der Waals surface area contributed by atoms with Crippen molar-refractivity contribution in [2.75, 3.05) is 6.54 Å².